The SMILES string of the molecule is Cc1cc(C(F)F)c(OC(F)(F)F)c(F)n1. The van der Waals surface area contributed by atoms with E-state index < -0.39 is 30.0 Å². The normalized spacial score (nSPS) is 12.0. The van der Waals surface area contributed by atoms with E-state index in [9.17, 15) is 26.3 Å². The molecule has 0 bridgehead atoms. The lowest BCUT2D eigenvalue weighted by atomic mass is 10.2. The molecule has 0 aliphatic rings. The van der Waals surface area contributed by atoms with Crippen LogP contribution in [0.3, 0.4) is 0 Å². The Balaban J connectivity index is 3.25. The third-order valence-electron chi connectivity index (χ3n) is 1.54. The molecule has 1 aromatic rings. The van der Waals surface area contributed by atoms with Gasteiger partial charge in [-0.3, -0.25) is 0 Å². The first-order chi connectivity index (χ1) is 7.20. The summed E-state index contributed by atoms with van der Waals surface area (Å²) in [6, 6.07) is 0.634. The first-order valence-electron chi connectivity index (χ1n) is 3.91. The molecule has 0 amide bonds. The van der Waals surface area contributed by atoms with Crippen LogP contribution in [0.4, 0.5) is 26.3 Å². The number of ether oxygens (including phenoxy) is 1. The van der Waals surface area contributed by atoms with E-state index >= 15 is 0 Å². The molecule has 0 aliphatic heterocycles. The summed E-state index contributed by atoms with van der Waals surface area (Å²) in [5.41, 5.74) is -1.34. The molecule has 0 N–H and O–H groups in total. The average molecular weight is 245 g/mol. The number of aromatic nitrogens is 1. The maximum Gasteiger partial charge on any atom is 0.573 e. The maximum absolute atomic E-state index is 12.9. The van der Waals surface area contributed by atoms with Gasteiger partial charge in [0, 0.05) is 5.69 Å². The zero-order chi connectivity index (χ0) is 12.5. The molecular weight excluding hydrogens is 240 g/mol. The average Bonchev–Trinajstić information content (AvgIpc) is 2.07. The topological polar surface area (TPSA) is 22.1 Å². The van der Waals surface area contributed by atoms with Crippen LogP contribution in [0.15, 0.2) is 6.07 Å². The van der Waals surface area contributed by atoms with Gasteiger partial charge in [0.2, 0.25) is 0 Å². The Labute approximate surface area is 85.9 Å². The second kappa shape index (κ2) is 4.18. The molecule has 0 atom stereocenters. The third-order valence-corrected chi connectivity index (χ3v) is 1.54. The van der Waals surface area contributed by atoms with Crippen molar-refractivity contribution in [2.24, 2.45) is 0 Å². The van der Waals surface area contributed by atoms with Gasteiger partial charge < -0.3 is 4.74 Å². The van der Waals surface area contributed by atoms with Crippen molar-refractivity contribution in [1.82, 2.24) is 4.98 Å². The summed E-state index contributed by atoms with van der Waals surface area (Å²) < 4.78 is 76.1. The first-order valence-corrected chi connectivity index (χ1v) is 3.91. The Morgan fingerprint density at radius 1 is 1.31 bits per heavy atom. The summed E-state index contributed by atoms with van der Waals surface area (Å²) in [4.78, 5) is 2.98. The van der Waals surface area contributed by atoms with E-state index in [1.807, 2.05) is 0 Å². The fourth-order valence-corrected chi connectivity index (χ4v) is 1.03. The number of hydrogen-bond donors (Lipinski definition) is 0. The van der Waals surface area contributed by atoms with Gasteiger partial charge >= 0.3 is 6.36 Å². The molecule has 0 aliphatic carbocycles. The Bertz CT molecular complexity index is 389. The monoisotopic (exact) mass is 245 g/mol. The lowest BCUT2D eigenvalue weighted by molar-refractivity contribution is -0.276. The quantitative estimate of drug-likeness (QED) is 0.588. The van der Waals surface area contributed by atoms with Crippen LogP contribution in [-0.2, 0) is 0 Å². The van der Waals surface area contributed by atoms with E-state index in [2.05, 4.69) is 9.72 Å². The molecule has 0 saturated heterocycles. The largest absolute Gasteiger partial charge is 0.573 e. The third kappa shape index (κ3) is 3.01. The maximum atomic E-state index is 12.9. The van der Waals surface area contributed by atoms with Gasteiger partial charge in [0.15, 0.2) is 5.75 Å². The van der Waals surface area contributed by atoms with E-state index in [1.54, 1.807) is 0 Å². The smallest absolute Gasteiger partial charge is 0.400 e. The molecule has 0 spiro atoms. The molecular formula is C8H5F6NO. The van der Waals surface area contributed by atoms with Crippen molar-refractivity contribution in [3.05, 3.63) is 23.3 Å². The number of aryl methyl sites for hydroxylation is 1. The van der Waals surface area contributed by atoms with Crippen molar-refractivity contribution < 1.29 is 31.1 Å². The van der Waals surface area contributed by atoms with E-state index in [-0.39, 0.29) is 5.69 Å². The van der Waals surface area contributed by atoms with Crippen LogP contribution >= 0.6 is 0 Å². The van der Waals surface area contributed by atoms with E-state index in [4.69, 9.17) is 0 Å². The minimum atomic E-state index is -5.25. The van der Waals surface area contributed by atoms with Gasteiger partial charge in [0.05, 0.1) is 5.56 Å². The lowest BCUT2D eigenvalue weighted by Crippen LogP contribution is -2.19. The molecule has 1 rings (SSSR count). The summed E-state index contributed by atoms with van der Waals surface area (Å²) in [5, 5.41) is 0. The zero-order valence-corrected chi connectivity index (χ0v) is 7.78. The number of hydrogen-bond acceptors (Lipinski definition) is 2. The summed E-state index contributed by atoms with van der Waals surface area (Å²) in [7, 11) is 0. The van der Waals surface area contributed by atoms with Crippen LogP contribution in [-0.4, -0.2) is 11.3 Å². The Morgan fingerprint density at radius 3 is 2.31 bits per heavy atom. The van der Waals surface area contributed by atoms with Crippen molar-refractivity contribution in [2.75, 3.05) is 0 Å². The summed E-state index contributed by atoms with van der Waals surface area (Å²) >= 11 is 0. The molecule has 2 nitrogen and oxygen atoms in total. The number of nitrogens with zero attached hydrogens (tertiary/aromatic N) is 1. The van der Waals surface area contributed by atoms with Crippen LogP contribution in [0.1, 0.15) is 17.7 Å². The highest BCUT2D eigenvalue weighted by atomic mass is 19.4. The molecule has 1 aromatic heterocycles. The fraction of sp³-hybridized carbons (Fsp3) is 0.375. The predicted octanol–water partition coefficient (Wildman–Crippen LogP) is 3.37. The Kier molecular flexibility index (Phi) is 3.30. The van der Waals surface area contributed by atoms with Gasteiger partial charge in [-0.2, -0.15) is 4.39 Å². The fourth-order valence-electron chi connectivity index (χ4n) is 1.03. The zero-order valence-electron chi connectivity index (χ0n) is 7.78. The molecule has 0 fully saturated rings. The predicted molar refractivity (Wildman–Crippen MR) is 40.6 cm³/mol. The highest BCUT2D eigenvalue weighted by Gasteiger charge is 2.35. The van der Waals surface area contributed by atoms with Crippen LogP contribution < -0.4 is 4.74 Å². The molecule has 0 radical (unpaired) electrons. The second-order valence-corrected chi connectivity index (χ2v) is 2.82. The van der Waals surface area contributed by atoms with Crippen molar-refractivity contribution in [2.45, 2.75) is 19.7 Å². The van der Waals surface area contributed by atoms with Crippen molar-refractivity contribution in [3.63, 3.8) is 0 Å². The summed E-state index contributed by atoms with van der Waals surface area (Å²) in [6.07, 6.45) is -8.53. The molecule has 90 valence electrons. The minimum Gasteiger partial charge on any atom is -0.400 e. The Hall–Kier alpha value is -1.47. The lowest BCUT2D eigenvalue weighted by Gasteiger charge is -2.13. The molecule has 16 heavy (non-hydrogen) atoms. The Morgan fingerprint density at radius 2 is 1.88 bits per heavy atom. The van der Waals surface area contributed by atoms with Crippen molar-refractivity contribution >= 4 is 0 Å². The summed E-state index contributed by atoms with van der Waals surface area (Å²) in [5.74, 6) is -3.30. The highest BCUT2D eigenvalue weighted by molar-refractivity contribution is 5.34. The van der Waals surface area contributed by atoms with Gasteiger partial charge in [-0.25, -0.2) is 13.8 Å². The standard InChI is InChI=1S/C8H5F6NO/c1-3-2-4(6(9)10)5(7(11)15-3)16-8(12,13)14/h2,6H,1H3. The van der Waals surface area contributed by atoms with Gasteiger partial charge in [-0.15, -0.1) is 13.2 Å². The van der Waals surface area contributed by atoms with Gasteiger partial charge in [-0.1, -0.05) is 0 Å². The van der Waals surface area contributed by atoms with Gasteiger partial charge in [0.1, 0.15) is 0 Å². The van der Waals surface area contributed by atoms with Crippen LogP contribution in [0.2, 0.25) is 0 Å². The number of halogens is 6. The van der Waals surface area contributed by atoms with Crippen molar-refractivity contribution in [3.8, 4) is 5.75 Å². The number of alkyl halides is 5. The first kappa shape index (κ1) is 12.6. The number of rotatable bonds is 2. The number of pyridine rings is 1. The van der Waals surface area contributed by atoms with Crippen molar-refractivity contribution in [1.29, 1.82) is 0 Å². The van der Waals surface area contributed by atoms with Crippen LogP contribution in [0.5, 0.6) is 5.75 Å². The molecule has 0 saturated carbocycles. The van der Waals surface area contributed by atoms with Gasteiger partial charge in [0.25, 0.3) is 12.4 Å². The molecule has 0 unspecified atom stereocenters. The van der Waals surface area contributed by atoms with E-state index in [0.717, 1.165) is 0 Å². The van der Waals surface area contributed by atoms with Crippen LogP contribution in [0, 0.1) is 12.9 Å². The molecule has 8 heteroatoms. The molecule has 0 aromatic carbocycles. The van der Waals surface area contributed by atoms with Gasteiger partial charge in [-0.05, 0) is 13.0 Å². The molecule has 1 heterocycles. The minimum absolute atomic E-state index is 0.165. The van der Waals surface area contributed by atoms with E-state index in [0.29, 0.717) is 6.07 Å². The van der Waals surface area contributed by atoms with E-state index in [1.165, 1.54) is 6.92 Å². The summed E-state index contributed by atoms with van der Waals surface area (Å²) in [6.45, 7) is 1.17. The second-order valence-electron chi connectivity index (χ2n) is 2.82. The van der Waals surface area contributed by atoms with Crippen LogP contribution in [0.25, 0.3) is 0 Å². The highest BCUT2D eigenvalue weighted by Crippen LogP contribution is 2.34.